The lowest BCUT2D eigenvalue weighted by Gasteiger charge is -2.45. The van der Waals surface area contributed by atoms with Crippen LogP contribution in [-0.2, 0) is 29.7 Å². The van der Waals surface area contributed by atoms with Crippen molar-refractivity contribution in [1.29, 1.82) is 0 Å². The maximum atomic E-state index is 13.5. The van der Waals surface area contributed by atoms with Crippen LogP contribution in [-0.4, -0.2) is 84.0 Å². The van der Waals surface area contributed by atoms with Crippen LogP contribution in [0.2, 0.25) is 5.02 Å². The predicted molar refractivity (Wildman–Crippen MR) is 172 cm³/mol. The number of carbonyl (C=O) groups excluding carboxylic acids is 2. The molecule has 46 heavy (non-hydrogen) atoms. The van der Waals surface area contributed by atoms with Crippen LogP contribution in [0.25, 0.3) is 0 Å². The third kappa shape index (κ3) is 6.26. The molecule has 0 saturated heterocycles. The minimum absolute atomic E-state index is 0.0145. The molecule has 11 nitrogen and oxygen atoms in total. The van der Waals surface area contributed by atoms with E-state index in [1.807, 2.05) is 24.3 Å². The normalized spacial score (nSPS) is 28.9. The number of anilines is 1. The summed E-state index contributed by atoms with van der Waals surface area (Å²) in [6.07, 6.45) is 5.00. The average Bonchev–Trinajstić information content (AvgIpc) is 3.13. The van der Waals surface area contributed by atoms with Crippen LogP contribution in [0, 0.1) is 11.8 Å². The van der Waals surface area contributed by atoms with Crippen LogP contribution in [0.15, 0.2) is 53.4 Å². The number of amides is 2. The zero-order valence-corrected chi connectivity index (χ0v) is 28.0. The van der Waals surface area contributed by atoms with Gasteiger partial charge in [-0.2, -0.15) is 0 Å². The van der Waals surface area contributed by atoms with Gasteiger partial charge in [0.05, 0.1) is 35.8 Å². The number of carbonyl (C=O) groups is 2. The van der Waals surface area contributed by atoms with Crippen molar-refractivity contribution >= 4 is 39.3 Å². The molecule has 1 aliphatic carbocycles. The van der Waals surface area contributed by atoms with Gasteiger partial charge in [-0.15, -0.1) is 0 Å². The Labute approximate surface area is 274 Å². The van der Waals surface area contributed by atoms with E-state index in [1.165, 1.54) is 24.8 Å². The number of benzene rings is 2. The van der Waals surface area contributed by atoms with Crippen LogP contribution >= 0.6 is 11.6 Å². The predicted octanol–water partition coefficient (Wildman–Crippen LogP) is 4.52. The van der Waals surface area contributed by atoms with E-state index in [-0.39, 0.29) is 23.3 Å². The summed E-state index contributed by atoms with van der Waals surface area (Å²) in [5.74, 6) is 0.589. The van der Waals surface area contributed by atoms with E-state index >= 15 is 0 Å². The molecule has 3 heterocycles. The van der Waals surface area contributed by atoms with Crippen molar-refractivity contribution in [3.05, 3.63) is 59.1 Å². The molecule has 0 radical (unpaired) electrons. The molecular formula is C33H40ClN3O8S. The summed E-state index contributed by atoms with van der Waals surface area (Å²) in [7, 11) is -0.965. The lowest BCUT2D eigenvalue weighted by Crippen LogP contribution is -2.50. The van der Waals surface area contributed by atoms with E-state index in [1.54, 1.807) is 32.3 Å². The van der Waals surface area contributed by atoms with Crippen molar-refractivity contribution in [2.24, 2.45) is 11.8 Å². The van der Waals surface area contributed by atoms with Gasteiger partial charge in [0.1, 0.15) is 23.2 Å². The smallest absolute Gasteiger partial charge is 0.409 e. The van der Waals surface area contributed by atoms with Gasteiger partial charge in [-0.25, -0.2) is 17.9 Å². The second kappa shape index (κ2) is 12.3. The Hall–Kier alpha value is -3.48. The Kier molecular flexibility index (Phi) is 8.66. The quantitative estimate of drug-likeness (QED) is 0.435. The lowest BCUT2D eigenvalue weighted by atomic mass is 9.69. The fourth-order valence-electron chi connectivity index (χ4n) is 6.61. The number of halogens is 1. The molecule has 2 aromatic carbocycles. The fourth-order valence-corrected chi connectivity index (χ4v) is 7.89. The monoisotopic (exact) mass is 673 g/mol. The molecule has 4 atom stereocenters. The lowest BCUT2D eigenvalue weighted by molar-refractivity contribution is -0.139. The highest BCUT2D eigenvalue weighted by Crippen LogP contribution is 2.47. The third-order valence-electron chi connectivity index (χ3n) is 9.53. The maximum absolute atomic E-state index is 13.5. The first kappa shape index (κ1) is 32.5. The average molecular weight is 674 g/mol. The van der Waals surface area contributed by atoms with Gasteiger partial charge in [-0.3, -0.25) is 4.79 Å². The second-order valence-electron chi connectivity index (χ2n) is 13.2. The van der Waals surface area contributed by atoms with Crippen LogP contribution < -0.4 is 19.1 Å². The van der Waals surface area contributed by atoms with Crippen molar-refractivity contribution in [3.63, 3.8) is 0 Å². The molecule has 1 N–H and O–H groups in total. The van der Waals surface area contributed by atoms with Crippen molar-refractivity contribution in [3.8, 4) is 11.5 Å². The highest BCUT2D eigenvalue weighted by molar-refractivity contribution is 7.90. The van der Waals surface area contributed by atoms with Crippen molar-refractivity contribution in [2.75, 3.05) is 51.9 Å². The van der Waals surface area contributed by atoms with E-state index in [2.05, 4.69) is 9.62 Å². The van der Waals surface area contributed by atoms with Gasteiger partial charge < -0.3 is 28.7 Å². The number of nitrogens with one attached hydrogen (secondary N) is 1. The van der Waals surface area contributed by atoms with Crippen molar-refractivity contribution < 1.29 is 37.0 Å². The van der Waals surface area contributed by atoms with E-state index < -0.39 is 39.1 Å². The number of hydrogen-bond acceptors (Lipinski definition) is 9. The van der Waals surface area contributed by atoms with E-state index in [4.69, 9.17) is 30.5 Å². The number of hydrogen-bond donors (Lipinski definition) is 1. The standard InChI is InChI=1S/C33H40ClN3O8S/c1-32(2)30(38)35-46(40,41)23-9-12-28-26(17-23)37(19-33(20-43-28)13-15-42-29-16-22(34)8-11-25(29)33)18-21-7-10-24(21)27(6-5-14-44-32)45-31(39)36(3)4/h5-6,8-9,11-12,16-17,21,24,27H,7,10,13-15,18-20H2,1-4H3,(H,35,38)/b6-5-/t21-,24+,27-,33-/m0/s1. The van der Waals surface area contributed by atoms with Crippen LogP contribution in [0.5, 0.6) is 11.5 Å². The Morgan fingerprint density at radius 2 is 1.91 bits per heavy atom. The summed E-state index contributed by atoms with van der Waals surface area (Å²) in [6.45, 7) is 4.94. The first-order valence-corrected chi connectivity index (χ1v) is 17.3. The summed E-state index contributed by atoms with van der Waals surface area (Å²) in [4.78, 5) is 29.4. The first-order valence-electron chi connectivity index (χ1n) is 15.5. The molecule has 0 aromatic heterocycles. The topological polar surface area (TPSA) is 124 Å². The number of sulfonamides is 1. The Bertz CT molecular complexity index is 1660. The molecule has 13 heteroatoms. The molecule has 2 amide bonds. The van der Waals surface area contributed by atoms with Crippen LogP contribution in [0.4, 0.5) is 10.5 Å². The van der Waals surface area contributed by atoms with Gasteiger partial charge >= 0.3 is 6.09 Å². The number of fused-ring (bicyclic) bond motifs is 4. The molecule has 1 spiro atoms. The largest absolute Gasteiger partial charge is 0.493 e. The van der Waals surface area contributed by atoms with Gasteiger partial charge in [0.15, 0.2) is 0 Å². The van der Waals surface area contributed by atoms with Gasteiger partial charge in [0, 0.05) is 43.7 Å². The molecule has 3 aliphatic heterocycles. The Morgan fingerprint density at radius 1 is 1.11 bits per heavy atom. The summed E-state index contributed by atoms with van der Waals surface area (Å²) < 4.78 is 53.5. The molecule has 2 bridgehead atoms. The highest BCUT2D eigenvalue weighted by Gasteiger charge is 2.46. The molecule has 248 valence electrons. The van der Waals surface area contributed by atoms with Gasteiger partial charge in [0.2, 0.25) is 0 Å². The summed E-state index contributed by atoms with van der Waals surface area (Å²) >= 11 is 6.33. The second-order valence-corrected chi connectivity index (χ2v) is 15.4. The highest BCUT2D eigenvalue weighted by atomic mass is 35.5. The van der Waals surface area contributed by atoms with Crippen LogP contribution in [0.3, 0.4) is 0 Å². The number of rotatable bonds is 1. The molecule has 4 aliphatic rings. The number of ether oxygens (including phenoxy) is 4. The minimum atomic E-state index is -4.25. The summed E-state index contributed by atoms with van der Waals surface area (Å²) in [5, 5.41) is 0.577. The minimum Gasteiger partial charge on any atom is -0.493 e. The summed E-state index contributed by atoms with van der Waals surface area (Å²) in [6, 6.07) is 10.3. The van der Waals surface area contributed by atoms with E-state index in [0.717, 1.165) is 18.4 Å². The zero-order chi connectivity index (χ0) is 32.9. The van der Waals surface area contributed by atoms with Gasteiger partial charge in [-0.1, -0.05) is 23.7 Å². The third-order valence-corrected chi connectivity index (χ3v) is 11.1. The molecular weight excluding hydrogens is 634 g/mol. The van der Waals surface area contributed by atoms with Gasteiger partial charge in [0.25, 0.3) is 15.9 Å². The maximum Gasteiger partial charge on any atom is 0.409 e. The molecule has 6 rings (SSSR count). The molecule has 1 saturated carbocycles. The molecule has 2 aromatic rings. The summed E-state index contributed by atoms with van der Waals surface area (Å²) in [5.41, 5.74) is -0.338. The van der Waals surface area contributed by atoms with Crippen molar-refractivity contribution in [1.82, 2.24) is 9.62 Å². The van der Waals surface area contributed by atoms with Gasteiger partial charge in [-0.05, 0) is 75.4 Å². The van der Waals surface area contributed by atoms with Crippen molar-refractivity contribution in [2.45, 2.75) is 55.1 Å². The van der Waals surface area contributed by atoms with E-state index in [9.17, 15) is 18.0 Å². The number of nitrogens with zero attached hydrogens (tertiary/aromatic N) is 2. The zero-order valence-electron chi connectivity index (χ0n) is 26.5. The molecule has 1 fully saturated rings. The Morgan fingerprint density at radius 3 is 2.65 bits per heavy atom. The SMILES string of the molecule is CN(C)C(=O)O[C@H]1/C=C\COC(C)(C)C(=O)NS(=O)(=O)c2ccc3c(c2)N(C[C@@H]2CC[C@H]21)C[C@@]1(CCOc2cc(Cl)ccc21)CO3. The first-order chi connectivity index (χ1) is 21.8. The van der Waals surface area contributed by atoms with Crippen LogP contribution in [0.1, 0.15) is 38.7 Å². The molecule has 0 unspecified atom stereocenters. The Balaban J connectivity index is 1.44. The fraction of sp³-hybridized carbons (Fsp3) is 0.515. The van der Waals surface area contributed by atoms with E-state index in [0.29, 0.717) is 54.9 Å².